The Morgan fingerprint density at radius 3 is 2.53 bits per heavy atom. The van der Waals surface area contributed by atoms with Gasteiger partial charge in [-0.05, 0) is 43.4 Å². The van der Waals surface area contributed by atoms with Crippen LogP contribution in [0, 0.1) is 17.3 Å². The van der Waals surface area contributed by atoms with Gasteiger partial charge in [0.25, 0.3) is 0 Å². The Hall–Kier alpha value is 0.0200. The Balaban J connectivity index is 1.79. The summed E-state index contributed by atoms with van der Waals surface area (Å²) in [6, 6.07) is 0. The lowest BCUT2D eigenvalue weighted by Crippen LogP contribution is -2.24. The van der Waals surface area contributed by atoms with Gasteiger partial charge in [0.2, 0.25) is 0 Å². The highest BCUT2D eigenvalue weighted by Gasteiger charge is 2.32. The first-order valence-corrected chi connectivity index (χ1v) is 7.33. The van der Waals surface area contributed by atoms with Gasteiger partial charge in [0.05, 0.1) is 5.75 Å². The standard InChI is InChI=1S/C13H22OS/c1-13(2)5-3-10(4-6-13)7-11-8-15-9-12(11)14/h10-11H,3-9H2,1-2H3. The van der Waals surface area contributed by atoms with E-state index >= 15 is 0 Å². The zero-order valence-electron chi connectivity index (χ0n) is 9.92. The van der Waals surface area contributed by atoms with Gasteiger partial charge < -0.3 is 0 Å². The molecule has 1 atom stereocenters. The van der Waals surface area contributed by atoms with Crippen LogP contribution < -0.4 is 0 Å². The predicted molar refractivity (Wildman–Crippen MR) is 66.2 cm³/mol. The molecule has 0 amide bonds. The predicted octanol–water partition coefficient (Wildman–Crippen LogP) is 3.53. The average molecular weight is 226 g/mol. The molecular formula is C13H22OS. The molecule has 0 aromatic rings. The van der Waals surface area contributed by atoms with Gasteiger partial charge in [-0.2, -0.15) is 11.8 Å². The molecule has 1 nitrogen and oxygen atoms in total. The number of carbonyl (C=O) groups is 1. The third kappa shape index (κ3) is 2.99. The highest BCUT2D eigenvalue weighted by Crippen LogP contribution is 2.41. The number of carbonyl (C=O) groups excluding carboxylic acids is 1. The van der Waals surface area contributed by atoms with E-state index in [-0.39, 0.29) is 0 Å². The molecular weight excluding hydrogens is 204 g/mol. The zero-order chi connectivity index (χ0) is 10.9. The Morgan fingerprint density at radius 2 is 2.00 bits per heavy atom. The molecule has 86 valence electrons. The largest absolute Gasteiger partial charge is 0.298 e. The van der Waals surface area contributed by atoms with Gasteiger partial charge in [0.1, 0.15) is 5.78 Å². The fourth-order valence-electron chi connectivity index (χ4n) is 2.81. The van der Waals surface area contributed by atoms with Gasteiger partial charge in [-0.25, -0.2) is 0 Å². The molecule has 2 rings (SSSR count). The minimum Gasteiger partial charge on any atom is -0.298 e. The van der Waals surface area contributed by atoms with Crippen LogP contribution in [0.25, 0.3) is 0 Å². The first-order chi connectivity index (χ1) is 7.07. The van der Waals surface area contributed by atoms with Crippen LogP contribution in [0.3, 0.4) is 0 Å². The number of rotatable bonds is 2. The number of hydrogen-bond acceptors (Lipinski definition) is 2. The van der Waals surface area contributed by atoms with Gasteiger partial charge in [-0.15, -0.1) is 0 Å². The smallest absolute Gasteiger partial charge is 0.146 e. The second-order valence-corrected chi connectivity index (χ2v) is 7.05. The van der Waals surface area contributed by atoms with Gasteiger partial charge >= 0.3 is 0 Å². The SMILES string of the molecule is CC1(C)CCC(CC2CSCC2=O)CC1. The lowest BCUT2D eigenvalue weighted by atomic mass is 9.71. The van der Waals surface area contributed by atoms with E-state index in [9.17, 15) is 4.79 Å². The quantitative estimate of drug-likeness (QED) is 0.716. The minimum atomic E-state index is 0.404. The van der Waals surface area contributed by atoms with Crippen LogP contribution in [-0.2, 0) is 4.79 Å². The maximum atomic E-state index is 11.6. The molecule has 1 aliphatic carbocycles. The Bertz CT molecular complexity index is 237. The monoisotopic (exact) mass is 226 g/mol. The first kappa shape index (κ1) is 11.5. The van der Waals surface area contributed by atoms with Crippen LogP contribution in [-0.4, -0.2) is 17.3 Å². The van der Waals surface area contributed by atoms with Gasteiger partial charge in [-0.3, -0.25) is 4.79 Å². The zero-order valence-corrected chi connectivity index (χ0v) is 10.7. The van der Waals surface area contributed by atoms with Gasteiger partial charge in [0, 0.05) is 11.7 Å². The maximum absolute atomic E-state index is 11.6. The maximum Gasteiger partial charge on any atom is 0.146 e. The van der Waals surface area contributed by atoms with Crippen LogP contribution in [0.1, 0.15) is 46.0 Å². The molecule has 2 fully saturated rings. The van der Waals surface area contributed by atoms with Crippen LogP contribution in [0.5, 0.6) is 0 Å². The van der Waals surface area contributed by atoms with E-state index < -0.39 is 0 Å². The first-order valence-electron chi connectivity index (χ1n) is 6.17. The Kier molecular flexibility index (Phi) is 3.44. The number of Topliss-reactive ketones (excluding diaryl/α,β-unsaturated/α-hetero) is 1. The van der Waals surface area contributed by atoms with Crippen molar-refractivity contribution in [2.45, 2.75) is 46.0 Å². The summed E-state index contributed by atoms with van der Waals surface area (Å²) in [7, 11) is 0. The lowest BCUT2D eigenvalue weighted by Gasteiger charge is -2.35. The molecule has 2 heteroatoms. The van der Waals surface area contributed by atoms with Crippen LogP contribution in [0.2, 0.25) is 0 Å². The fourth-order valence-corrected chi connectivity index (χ4v) is 3.97. The van der Waals surface area contributed by atoms with Crippen molar-refractivity contribution in [3.05, 3.63) is 0 Å². The summed E-state index contributed by atoms with van der Waals surface area (Å²) in [6.45, 7) is 4.75. The summed E-state index contributed by atoms with van der Waals surface area (Å²) in [5, 5.41) is 0. The van der Waals surface area contributed by atoms with Crippen LogP contribution in [0.4, 0.5) is 0 Å². The molecule has 0 aromatic heterocycles. The average Bonchev–Trinajstić information content (AvgIpc) is 2.56. The summed E-state index contributed by atoms with van der Waals surface area (Å²) >= 11 is 1.83. The highest BCUT2D eigenvalue weighted by atomic mass is 32.2. The molecule has 1 saturated carbocycles. The molecule has 2 aliphatic rings. The van der Waals surface area contributed by atoms with Crippen molar-refractivity contribution in [2.24, 2.45) is 17.3 Å². The van der Waals surface area contributed by atoms with Crippen molar-refractivity contribution in [3.8, 4) is 0 Å². The van der Waals surface area contributed by atoms with Crippen molar-refractivity contribution >= 4 is 17.5 Å². The van der Waals surface area contributed by atoms with E-state index in [2.05, 4.69) is 13.8 Å². The van der Waals surface area contributed by atoms with Crippen molar-refractivity contribution in [1.29, 1.82) is 0 Å². The number of ketones is 1. The van der Waals surface area contributed by atoms with Crippen LogP contribution >= 0.6 is 11.8 Å². The topological polar surface area (TPSA) is 17.1 Å². The summed E-state index contributed by atoms with van der Waals surface area (Å²) in [4.78, 5) is 11.6. The molecule has 0 bridgehead atoms. The molecule has 1 heterocycles. The molecule has 0 aromatic carbocycles. The second kappa shape index (κ2) is 4.48. The van der Waals surface area contributed by atoms with Gasteiger partial charge in [-0.1, -0.05) is 13.8 Å². The van der Waals surface area contributed by atoms with E-state index in [0.717, 1.165) is 17.4 Å². The lowest BCUT2D eigenvalue weighted by molar-refractivity contribution is -0.119. The molecule has 1 aliphatic heterocycles. The molecule has 1 saturated heterocycles. The Morgan fingerprint density at radius 1 is 1.33 bits per heavy atom. The summed E-state index contributed by atoms with van der Waals surface area (Å²) in [5.74, 6) is 3.64. The second-order valence-electron chi connectivity index (χ2n) is 6.02. The third-order valence-electron chi connectivity index (χ3n) is 4.10. The fraction of sp³-hybridized carbons (Fsp3) is 0.923. The van der Waals surface area contributed by atoms with Crippen molar-refractivity contribution < 1.29 is 4.79 Å². The molecule has 0 spiro atoms. The van der Waals surface area contributed by atoms with Crippen molar-refractivity contribution in [2.75, 3.05) is 11.5 Å². The van der Waals surface area contributed by atoms with Gasteiger partial charge in [0.15, 0.2) is 0 Å². The summed E-state index contributed by atoms with van der Waals surface area (Å²) in [6.07, 6.45) is 6.59. The van der Waals surface area contributed by atoms with E-state index in [4.69, 9.17) is 0 Å². The van der Waals surface area contributed by atoms with E-state index in [0.29, 0.717) is 17.1 Å². The van der Waals surface area contributed by atoms with Crippen LogP contribution in [0.15, 0.2) is 0 Å². The minimum absolute atomic E-state index is 0.404. The van der Waals surface area contributed by atoms with Crippen molar-refractivity contribution in [1.82, 2.24) is 0 Å². The number of thioether (sulfide) groups is 1. The third-order valence-corrected chi connectivity index (χ3v) is 5.22. The van der Waals surface area contributed by atoms with Crippen molar-refractivity contribution in [3.63, 3.8) is 0 Å². The molecule has 0 N–H and O–H groups in total. The Labute approximate surface area is 97.4 Å². The molecule has 15 heavy (non-hydrogen) atoms. The van der Waals surface area contributed by atoms with E-state index in [1.54, 1.807) is 0 Å². The summed E-state index contributed by atoms with van der Waals surface area (Å²) in [5.41, 5.74) is 0.560. The van der Waals surface area contributed by atoms with E-state index in [1.165, 1.54) is 32.1 Å². The number of hydrogen-bond donors (Lipinski definition) is 0. The normalized spacial score (nSPS) is 32.1. The molecule has 0 radical (unpaired) electrons. The highest BCUT2D eigenvalue weighted by molar-refractivity contribution is 8.00. The summed E-state index contributed by atoms with van der Waals surface area (Å²) < 4.78 is 0. The van der Waals surface area contributed by atoms with E-state index in [1.807, 2.05) is 11.8 Å². The molecule has 1 unspecified atom stereocenters.